The van der Waals surface area contributed by atoms with Gasteiger partial charge in [0.05, 0.1) is 0 Å². The molecule has 20 heavy (non-hydrogen) atoms. The van der Waals surface area contributed by atoms with E-state index >= 15 is 0 Å². The van der Waals surface area contributed by atoms with Crippen molar-refractivity contribution in [3.8, 4) is 0 Å². The summed E-state index contributed by atoms with van der Waals surface area (Å²) in [7, 11) is 0. The summed E-state index contributed by atoms with van der Waals surface area (Å²) in [5.41, 5.74) is 5.58. The minimum atomic E-state index is 0.734. The van der Waals surface area contributed by atoms with Crippen molar-refractivity contribution in [2.45, 2.75) is 32.6 Å². The maximum absolute atomic E-state index is 2.52. The van der Waals surface area contributed by atoms with Gasteiger partial charge in [0.2, 0.25) is 0 Å². The van der Waals surface area contributed by atoms with Crippen LogP contribution in [-0.4, -0.2) is 13.1 Å². The fourth-order valence-electron chi connectivity index (χ4n) is 3.07. The number of hydrogen-bond acceptors (Lipinski definition) is 1. The highest BCUT2D eigenvalue weighted by Gasteiger charge is 2.20. The SMILES string of the molecule is Cc1ccc(C2CCN(c3ccc(C)cc3)CC2)cc1. The molecule has 0 N–H and O–H groups in total. The minimum absolute atomic E-state index is 0.734. The number of nitrogens with zero attached hydrogens (tertiary/aromatic N) is 1. The third kappa shape index (κ3) is 2.87. The zero-order chi connectivity index (χ0) is 13.9. The summed E-state index contributed by atoms with van der Waals surface area (Å²) in [5, 5.41) is 0. The zero-order valence-electron chi connectivity index (χ0n) is 12.5. The Morgan fingerprint density at radius 1 is 0.750 bits per heavy atom. The molecule has 0 aromatic heterocycles. The molecule has 2 aromatic rings. The fourth-order valence-corrected chi connectivity index (χ4v) is 3.07. The van der Waals surface area contributed by atoms with Gasteiger partial charge in [0.15, 0.2) is 0 Å². The number of piperidine rings is 1. The molecule has 0 spiro atoms. The van der Waals surface area contributed by atoms with Gasteiger partial charge in [0.1, 0.15) is 0 Å². The van der Waals surface area contributed by atoms with E-state index in [1.165, 1.54) is 48.3 Å². The van der Waals surface area contributed by atoms with E-state index in [-0.39, 0.29) is 0 Å². The van der Waals surface area contributed by atoms with E-state index in [4.69, 9.17) is 0 Å². The van der Waals surface area contributed by atoms with Crippen molar-refractivity contribution < 1.29 is 0 Å². The molecule has 1 heterocycles. The molecule has 0 atom stereocenters. The van der Waals surface area contributed by atoms with Crippen LogP contribution >= 0.6 is 0 Å². The van der Waals surface area contributed by atoms with Crippen molar-refractivity contribution in [3.63, 3.8) is 0 Å². The summed E-state index contributed by atoms with van der Waals surface area (Å²) in [4.78, 5) is 2.52. The van der Waals surface area contributed by atoms with Crippen LogP contribution in [0, 0.1) is 13.8 Å². The molecular formula is C19H23N. The molecule has 3 rings (SSSR count). The lowest BCUT2D eigenvalue weighted by atomic mass is 9.89. The van der Waals surface area contributed by atoms with Crippen molar-refractivity contribution in [3.05, 3.63) is 65.2 Å². The van der Waals surface area contributed by atoms with E-state index in [2.05, 4.69) is 67.3 Å². The first-order valence-electron chi connectivity index (χ1n) is 7.60. The Kier molecular flexibility index (Phi) is 3.77. The highest BCUT2D eigenvalue weighted by Crippen LogP contribution is 2.30. The second-order valence-electron chi connectivity index (χ2n) is 6.01. The van der Waals surface area contributed by atoms with Gasteiger partial charge in [-0.25, -0.2) is 0 Å². The molecule has 1 aliphatic heterocycles. The standard InChI is InChI=1S/C19H23N/c1-15-3-7-17(8-4-15)18-11-13-20(14-12-18)19-9-5-16(2)6-10-19/h3-10,18H,11-14H2,1-2H3. The van der Waals surface area contributed by atoms with Crippen molar-refractivity contribution in [2.24, 2.45) is 0 Å². The lowest BCUT2D eigenvalue weighted by molar-refractivity contribution is 0.505. The summed E-state index contributed by atoms with van der Waals surface area (Å²) < 4.78 is 0. The Morgan fingerprint density at radius 3 is 1.80 bits per heavy atom. The predicted octanol–water partition coefficient (Wildman–Crippen LogP) is 4.69. The maximum Gasteiger partial charge on any atom is 0.0366 e. The van der Waals surface area contributed by atoms with E-state index in [1.54, 1.807) is 0 Å². The molecule has 0 amide bonds. The molecule has 1 saturated heterocycles. The second kappa shape index (κ2) is 5.70. The summed E-state index contributed by atoms with van der Waals surface area (Å²) >= 11 is 0. The molecule has 1 heteroatoms. The van der Waals surface area contributed by atoms with E-state index < -0.39 is 0 Å². The fraction of sp³-hybridized carbons (Fsp3) is 0.368. The first kappa shape index (κ1) is 13.2. The smallest absolute Gasteiger partial charge is 0.0366 e. The largest absolute Gasteiger partial charge is 0.371 e. The second-order valence-corrected chi connectivity index (χ2v) is 6.01. The summed E-state index contributed by atoms with van der Waals surface area (Å²) in [6, 6.07) is 18.0. The van der Waals surface area contributed by atoms with Gasteiger partial charge in [-0.3, -0.25) is 0 Å². The lowest BCUT2D eigenvalue weighted by Crippen LogP contribution is -2.32. The van der Waals surface area contributed by atoms with Gasteiger partial charge in [-0.15, -0.1) is 0 Å². The van der Waals surface area contributed by atoms with Crippen LogP contribution in [0.5, 0.6) is 0 Å². The van der Waals surface area contributed by atoms with Gasteiger partial charge >= 0.3 is 0 Å². The average Bonchev–Trinajstić information content (AvgIpc) is 2.49. The van der Waals surface area contributed by atoms with Crippen LogP contribution in [-0.2, 0) is 0 Å². The Bertz CT molecular complexity index is 492. The van der Waals surface area contributed by atoms with Gasteiger partial charge in [-0.2, -0.15) is 0 Å². The Hall–Kier alpha value is -1.76. The van der Waals surface area contributed by atoms with Crippen LogP contribution in [0.1, 0.15) is 35.4 Å². The third-order valence-electron chi connectivity index (χ3n) is 4.44. The summed E-state index contributed by atoms with van der Waals surface area (Å²) in [6.07, 6.45) is 2.52. The summed E-state index contributed by atoms with van der Waals surface area (Å²) in [5.74, 6) is 0.734. The minimum Gasteiger partial charge on any atom is -0.371 e. The van der Waals surface area contributed by atoms with Crippen LogP contribution in [0.15, 0.2) is 48.5 Å². The average molecular weight is 265 g/mol. The number of rotatable bonds is 2. The molecule has 1 fully saturated rings. The Labute approximate surface area is 122 Å². The first-order valence-corrected chi connectivity index (χ1v) is 7.60. The Morgan fingerprint density at radius 2 is 1.25 bits per heavy atom. The number of benzene rings is 2. The topological polar surface area (TPSA) is 3.24 Å². The normalized spacial score (nSPS) is 16.4. The molecule has 1 nitrogen and oxygen atoms in total. The molecule has 0 saturated carbocycles. The molecule has 0 aliphatic carbocycles. The van der Waals surface area contributed by atoms with E-state index in [9.17, 15) is 0 Å². The van der Waals surface area contributed by atoms with Crippen molar-refractivity contribution >= 4 is 5.69 Å². The monoisotopic (exact) mass is 265 g/mol. The molecule has 2 aromatic carbocycles. The molecule has 0 bridgehead atoms. The van der Waals surface area contributed by atoms with Gasteiger partial charge in [0.25, 0.3) is 0 Å². The Balaban J connectivity index is 1.64. The van der Waals surface area contributed by atoms with Crippen LogP contribution in [0.3, 0.4) is 0 Å². The number of anilines is 1. The molecule has 1 aliphatic rings. The van der Waals surface area contributed by atoms with Gasteiger partial charge in [-0.1, -0.05) is 47.5 Å². The molecule has 0 unspecified atom stereocenters. The quantitative estimate of drug-likeness (QED) is 0.761. The van der Waals surface area contributed by atoms with Crippen molar-refractivity contribution in [2.75, 3.05) is 18.0 Å². The first-order chi connectivity index (χ1) is 9.72. The molecular weight excluding hydrogens is 242 g/mol. The van der Waals surface area contributed by atoms with Crippen LogP contribution in [0.2, 0.25) is 0 Å². The summed E-state index contributed by atoms with van der Waals surface area (Å²) in [6.45, 7) is 6.64. The van der Waals surface area contributed by atoms with Crippen LogP contribution in [0.4, 0.5) is 5.69 Å². The van der Waals surface area contributed by atoms with Gasteiger partial charge in [0, 0.05) is 18.8 Å². The van der Waals surface area contributed by atoms with E-state index in [0.717, 1.165) is 5.92 Å². The third-order valence-corrected chi connectivity index (χ3v) is 4.44. The van der Waals surface area contributed by atoms with Gasteiger partial charge < -0.3 is 4.90 Å². The van der Waals surface area contributed by atoms with Crippen LogP contribution in [0.25, 0.3) is 0 Å². The van der Waals surface area contributed by atoms with Crippen molar-refractivity contribution in [1.82, 2.24) is 0 Å². The maximum atomic E-state index is 2.52. The van der Waals surface area contributed by atoms with Crippen LogP contribution < -0.4 is 4.90 Å². The van der Waals surface area contributed by atoms with Gasteiger partial charge in [-0.05, 0) is 50.3 Å². The highest BCUT2D eigenvalue weighted by molar-refractivity contribution is 5.48. The van der Waals surface area contributed by atoms with E-state index in [0.29, 0.717) is 0 Å². The molecule has 0 radical (unpaired) electrons. The zero-order valence-corrected chi connectivity index (χ0v) is 12.5. The van der Waals surface area contributed by atoms with Crippen molar-refractivity contribution in [1.29, 1.82) is 0 Å². The number of hydrogen-bond donors (Lipinski definition) is 0. The molecule has 104 valence electrons. The lowest BCUT2D eigenvalue weighted by Gasteiger charge is -2.34. The highest BCUT2D eigenvalue weighted by atomic mass is 15.1. The number of aryl methyl sites for hydroxylation is 2. The van der Waals surface area contributed by atoms with E-state index in [1.807, 2.05) is 0 Å². The predicted molar refractivity (Wildman–Crippen MR) is 86.5 cm³/mol.